The van der Waals surface area contributed by atoms with Crippen molar-refractivity contribution in [3.05, 3.63) is 91.0 Å². The van der Waals surface area contributed by atoms with Crippen LogP contribution in [0.15, 0.2) is 95.9 Å². The molecule has 0 spiro atoms. The topological polar surface area (TPSA) is 87.1 Å². The first-order chi connectivity index (χ1) is 23.7. The molecule has 6 nitrogen and oxygen atoms in total. The van der Waals surface area contributed by atoms with Gasteiger partial charge in [-0.15, -0.1) is 11.8 Å². The summed E-state index contributed by atoms with van der Waals surface area (Å²) >= 11 is 1.80. The third kappa shape index (κ3) is 7.76. The lowest BCUT2D eigenvalue weighted by molar-refractivity contribution is -0.145. The minimum absolute atomic E-state index is 0.0246. The SMILES string of the molecule is CC(=O)[C@]1(C[C@@H]2C(C)(C)[C@H](CC(C)(C)[Si](O)(c3ccccc3)c3ccccc3)[C@@H](Sc3ccccc3)C[C@]2(C)O)CCCN1C(=O)OC(C)(C)C. The van der Waals surface area contributed by atoms with Crippen molar-refractivity contribution in [1.29, 1.82) is 0 Å². The molecular weight excluding hydrogens is 671 g/mol. The van der Waals surface area contributed by atoms with E-state index in [-0.39, 0.29) is 22.9 Å². The quantitative estimate of drug-likeness (QED) is 0.205. The Bertz CT molecular complexity index is 1620. The maximum atomic E-state index is 13.8. The Balaban J connectivity index is 1.61. The Hall–Kier alpha value is -2.91. The van der Waals surface area contributed by atoms with E-state index in [9.17, 15) is 19.5 Å². The molecule has 0 bridgehead atoms. The van der Waals surface area contributed by atoms with Gasteiger partial charge in [0.1, 0.15) is 11.1 Å². The van der Waals surface area contributed by atoms with Crippen molar-refractivity contribution in [3.63, 3.8) is 0 Å². The first-order valence-corrected chi connectivity index (χ1v) is 21.4. The van der Waals surface area contributed by atoms with Crippen LogP contribution in [0.1, 0.15) is 94.4 Å². The van der Waals surface area contributed by atoms with E-state index in [0.29, 0.717) is 38.6 Å². The molecule has 1 saturated heterocycles. The van der Waals surface area contributed by atoms with Crippen molar-refractivity contribution < 1.29 is 24.2 Å². The summed E-state index contributed by atoms with van der Waals surface area (Å²) in [6.07, 6.45) is 2.33. The van der Waals surface area contributed by atoms with Gasteiger partial charge < -0.3 is 14.6 Å². The van der Waals surface area contributed by atoms with E-state index >= 15 is 0 Å². The van der Waals surface area contributed by atoms with Crippen molar-refractivity contribution in [2.45, 2.75) is 126 Å². The number of Topliss-reactive ketones (excluding diaryl/α,β-unsaturated/α-hetero) is 1. The van der Waals surface area contributed by atoms with Gasteiger partial charge in [0, 0.05) is 16.7 Å². The second-order valence-corrected chi connectivity index (χ2v) is 22.8. The Morgan fingerprint density at radius 1 is 0.882 bits per heavy atom. The molecule has 0 aromatic heterocycles. The molecule has 5 atom stereocenters. The highest BCUT2D eigenvalue weighted by Gasteiger charge is 2.62. The summed E-state index contributed by atoms with van der Waals surface area (Å²) in [6.45, 7) is 18.4. The van der Waals surface area contributed by atoms with Crippen LogP contribution in [-0.2, 0) is 9.53 Å². The number of benzene rings is 3. The van der Waals surface area contributed by atoms with Gasteiger partial charge in [0.25, 0.3) is 8.32 Å². The molecule has 1 aliphatic heterocycles. The van der Waals surface area contributed by atoms with Crippen molar-refractivity contribution in [2.24, 2.45) is 17.3 Å². The number of carbonyl (C=O) groups excluding carboxylic acids is 2. The Morgan fingerprint density at radius 3 is 1.88 bits per heavy atom. The van der Waals surface area contributed by atoms with Gasteiger partial charge in [0.05, 0.1) is 5.60 Å². The monoisotopic (exact) mass is 729 g/mol. The molecule has 1 saturated carbocycles. The van der Waals surface area contributed by atoms with Crippen molar-refractivity contribution >= 4 is 42.3 Å². The van der Waals surface area contributed by atoms with Gasteiger partial charge >= 0.3 is 6.09 Å². The number of rotatable bonds is 10. The molecule has 2 N–H and O–H groups in total. The molecule has 1 aliphatic carbocycles. The van der Waals surface area contributed by atoms with Gasteiger partial charge in [-0.2, -0.15) is 0 Å². The van der Waals surface area contributed by atoms with E-state index in [4.69, 9.17) is 4.74 Å². The number of ketones is 1. The molecule has 1 amide bonds. The van der Waals surface area contributed by atoms with Crippen LogP contribution in [0.2, 0.25) is 5.04 Å². The number of thioether (sulfide) groups is 1. The van der Waals surface area contributed by atoms with E-state index in [1.165, 1.54) is 0 Å². The highest BCUT2D eigenvalue weighted by Crippen LogP contribution is 2.61. The zero-order chi connectivity index (χ0) is 37.5. The third-order valence-electron chi connectivity index (χ3n) is 12.1. The number of amides is 1. The van der Waals surface area contributed by atoms with Gasteiger partial charge in [-0.3, -0.25) is 9.69 Å². The highest BCUT2D eigenvalue weighted by atomic mass is 32.2. The summed E-state index contributed by atoms with van der Waals surface area (Å²) in [7, 11) is -3.37. The maximum Gasteiger partial charge on any atom is 0.411 e. The molecule has 0 unspecified atom stereocenters. The number of aliphatic hydroxyl groups is 1. The Morgan fingerprint density at radius 2 is 1.39 bits per heavy atom. The average Bonchev–Trinajstić information content (AvgIpc) is 3.51. The lowest BCUT2D eigenvalue weighted by atomic mass is 9.52. The summed E-state index contributed by atoms with van der Waals surface area (Å²) in [4.78, 5) is 43.6. The number of hydrogen-bond acceptors (Lipinski definition) is 6. The first-order valence-electron chi connectivity index (χ1n) is 18.5. The highest BCUT2D eigenvalue weighted by molar-refractivity contribution is 8.00. The first kappa shape index (κ1) is 39.3. The van der Waals surface area contributed by atoms with Gasteiger partial charge in [0.15, 0.2) is 5.78 Å². The van der Waals surface area contributed by atoms with Crippen LogP contribution in [0, 0.1) is 17.3 Å². The van der Waals surface area contributed by atoms with Gasteiger partial charge in [0.2, 0.25) is 0 Å². The van der Waals surface area contributed by atoms with Crippen LogP contribution >= 0.6 is 11.8 Å². The van der Waals surface area contributed by atoms with E-state index in [1.54, 1.807) is 23.6 Å². The summed E-state index contributed by atoms with van der Waals surface area (Å²) in [5.74, 6) is -0.353. The predicted molar refractivity (Wildman–Crippen MR) is 211 cm³/mol. The van der Waals surface area contributed by atoms with Crippen molar-refractivity contribution in [1.82, 2.24) is 4.90 Å². The second-order valence-electron chi connectivity index (χ2n) is 17.6. The number of carbonyl (C=O) groups is 2. The lowest BCUT2D eigenvalue weighted by Crippen LogP contribution is -2.67. The van der Waals surface area contributed by atoms with Crippen LogP contribution in [0.25, 0.3) is 0 Å². The molecule has 0 radical (unpaired) electrons. The summed E-state index contributed by atoms with van der Waals surface area (Å²) in [5, 5.41) is 14.1. The number of ether oxygens (including phenoxy) is 1. The summed E-state index contributed by atoms with van der Waals surface area (Å²) in [6, 6.07) is 30.7. The minimum atomic E-state index is -3.37. The summed E-state index contributed by atoms with van der Waals surface area (Å²) < 4.78 is 5.86. The minimum Gasteiger partial charge on any atom is -0.444 e. The van der Waals surface area contributed by atoms with Crippen molar-refractivity contribution in [2.75, 3.05) is 6.54 Å². The van der Waals surface area contributed by atoms with Crippen LogP contribution in [0.4, 0.5) is 4.79 Å². The average molecular weight is 730 g/mol. The van der Waals surface area contributed by atoms with E-state index in [2.05, 4.69) is 76.2 Å². The number of nitrogens with zero attached hydrogens (tertiary/aromatic N) is 1. The molecule has 1 heterocycles. The largest absolute Gasteiger partial charge is 0.444 e. The summed E-state index contributed by atoms with van der Waals surface area (Å²) in [5.41, 5.74) is -3.40. The van der Waals surface area contributed by atoms with E-state index in [0.717, 1.165) is 15.3 Å². The fourth-order valence-electron chi connectivity index (χ4n) is 9.43. The normalized spacial score (nSPS) is 26.9. The lowest BCUT2D eigenvalue weighted by Gasteiger charge is -2.59. The number of hydrogen-bond donors (Lipinski definition) is 2. The zero-order valence-corrected chi connectivity index (χ0v) is 33.9. The molecule has 276 valence electrons. The predicted octanol–water partition coefficient (Wildman–Crippen LogP) is 8.23. The van der Waals surface area contributed by atoms with Crippen molar-refractivity contribution in [3.8, 4) is 0 Å². The molecule has 3 aromatic carbocycles. The molecule has 8 heteroatoms. The fraction of sp³-hybridized carbons (Fsp3) is 0.535. The fourth-order valence-corrected chi connectivity index (χ4v) is 14.9. The van der Waals surface area contributed by atoms with Gasteiger partial charge in [-0.25, -0.2) is 4.79 Å². The van der Waals surface area contributed by atoms with Crippen LogP contribution in [0.5, 0.6) is 0 Å². The zero-order valence-electron chi connectivity index (χ0n) is 32.1. The molecule has 51 heavy (non-hydrogen) atoms. The molecule has 2 fully saturated rings. The van der Waals surface area contributed by atoms with Gasteiger partial charge in [-0.05, 0) is 112 Å². The maximum absolute atomic E-state index is 13.8. The van der Waals surface area contributed by atoms with Crippen LogP contribution in [-0.4, -0.2) is 63.5 Å². The smallest absolute Gasteiger partial charge is 0.411 e. The van der Waals surface area contributed by atoms with E-state index < -0.39 is 41.6 Å². The van der Waals surface area contributed by atoms with E-state index in [1.807, 2.05) is 70.2 Å². The number of likely N-dealkylation sites (tertiary alicyclic amines) is 1. The molecule has 3 aromatic rings. The molecule has 2 aliphatic rings. The third-order valence-corrected chi connectivity index (χ3v) is 17.9. The van der Waals surface area contributed by atoms with Crippen LogP contribution in [0.3, 0.4) is 0 Å². The standard InChI is InChI=1S/C43H59NO5SSi/c1-31(45)43(26-19-27-44(43)38(46)49-39(2,3)4)30-37-41(7,8)35(36(29-42(37,9)47)50-32-20-13-10-14-21-32)28-40(5,6)51(48,33-22-15-11-16-23-33)34-24-17-12-18-25-34/h10-18,20-25,35-37,47-48H,19,26-30H2,1-9H3/t35-,36+,37-,42+,43-/m1/s1. The van der Waals surface area contributed by atoms with Crippen LogP contribution < -0.4 is 10.4 Å². The molecular formula is C43H59NO5SSi. The Labute approximate surface area is 311 Å². The van der Waals surface area contributed by atoms with Gasteiger partial charge in [-0.1, -0.05) is 107 Å². The molecule has 5 rings (SSSR count). The Kier molecular flexibility index (Phi) is 11.2. The second kappa shape index (κ2) is 14.5.